The number of amides is 1. The maximum Gasteiger partial charge on any atom is 0.418 e. The number of alkyl halides is 6. The van der Waals surface area contributed by atoms with E-state index in [1.54, 1.807) is 95.9 Å². The first-order chi connectivity index (χ1) is 25.8. The van der Waals surface area contributed by atoms with Gasteiger partial charge in [0, 0.05) is 30.8 Å². The van der Waals surface area contributed by atoms with Gasteiger partial charge >= 0.3 is 18.3 Å². The number of carbonyl (C=O) groups is 2. The van der Waals surface area contributed by atoms with Crippen LogP contribution in [0.25, 0.3) is 0 Å². The molecule has 0 bridgehead atoms. The molecule has 280 valence electrons. The number of halogens is 6. The number of aliphatic hydroxyl groups is 1. The zero-order valence-corrected chi connectivity index (χ0v) is 28.4. The third-order valence-electron chi connectivity index (χ3n) is 9.77. The van der Waals surface area contributed by atoms with Crippen molar-refractivity contribution in [3.05, 3.63) is 142 Å². The molecule has 0 radical (unpaired) electrons. The van der Waals surface area contributed by atoms with E-state index < -0.39 is 59.3 Å². The number of aromatic nitrogens is 3. The molecule has 0 saturated carbocycles. The summed E-state index contributed by atoms with van der Waals surface area (Å²) in [6.07, 6.45) is -11.4. The third-order valence-corrected chi connectivity index (χ3v) is 9.77. The molecule has 2 aliphatic rings. The van der Waals surface area contributed by atoms with Crippen LogP contribution in [0.2, 0.25) is 0 Å². The monoisotopic (exact) mass is 749 g/mol. The highest BCUT2D eigenvalue weighted by molar-refractivity contribution is 5.98. The molecule has 15 heteroatoms. The molecular formula is C39H33F6N5O4. The summed E-state index contributed by atoms with van der Waals surface area (Å²) in [5.74, 6) is -5.68. The molecule has 54 heavy (non-hydrogen) atoms. The van der Waals surface area contributed by atoms with Crippen molar-refractivity contribution in [2.75, 3.05) is 23.3 Å². The average molecular weight is 750 g/mol. The van der Waals surface area contributed by atoms with Gasteiger partial charge in [0.15, 0.2) is 0 Å². The molecule has 4 heterocycles. The molecule has 3 aromatic carbocycles. The van der Waals surface area contributed by atoms with Gasteiger partial charge in [-0.25, -0.2) is 14.5 Å². The van der Waals surface area contributed by atoms with Crippen molar-refractivity contribution in [1.29, 1.82) is 0 Å². The Morgan fingerprint density at radius 2 is 1.46 bits per heavy atom. The van der Waals surface area contributed by atoms with Gasteiger partial charge in [0.25, 0.3) is 5.91 Å². The Bertz CT molecular complexity index is 2080. The topological polar surface area (TPSA) is 110 Å². The van der Waals surface area contributed by atoms with Crippen molar-refractivity contribution in [3.8, 4) is 0 Å². The summed E-state index contributed by atoms with van der Waals surface area (Å²) >= 11 is 0. The van der Waals surface area contributed by atoms with Crippen LogP contribution in [0.3, 0.4) is 0 Å². The number of anilines is 2. The molecule has 0 aliphatic carbocycles. The molecule has 2 atom stereocenters. The predicted octanol–water partition coefficient (Wildman–Crippen LogP) is 7.63. The molecule has 1 amide bonds. The summed E-state index contributed by atoms with van der Waals surface area (Å²) in [5, 5.41) is 18.0. The Labute approximate surface area is 305 Å². The molecule has 2 N–H and O–H groups in total. The van der Waals surface area contributed by atoms with Crippen LogP contribution in [0.15, 0.2) is 103 Å². The molecule has 1 fully saturated rings. The quantitative estimate of drug-likeness (QED) is 0.124. The van der Waals surface area contributed by atoms with E-state index in [1.807, 2.05) is 0 Å². The van der Waals surface area contributed by atoms with Crippen LogP contribution in [0.5, 0.6) is 0 Å². The molecular weight excluding hydrogens is 716 g/mol. The van der Waals surface area contributed by atoms with E-state index in [9.17, 15) is 41.0 Å². The van der Waals surface area contributed by atoms with Crippen molar-refractivity contribution in [1.82, 2.24) is 14.8 Å². The average Bonchev–Trinajstić information content (AvgIpc) is 3.52. The van der Waals surface area contributed by atoms with Gasteiger partial charge in [0.05, 0.1) is 16.8 Å². The Kier molecular flexibility index (Phi) is 9.92. The molecule has 0 spiro atoms. The lowest BCUT2D eigenvalue weighted by Gasteiger charge is -2.35. The number of pyridine rings is 1. The number of esters is 1. The first-order valence-corrected chi connectivity index (χ1v) is 17.1. The number of aliphatic hydroxyl groups excluding tert-OH is 1. The number of benzene rings is 3. The Hall–Kier alpha value is -5.70. The van der Waals surface area contributed by atoms with Crippen LogP contribution in [-0.4, -0.2) is 57.1 Å². The van der Waals surface area contributed by atoms with Crippen LogP contribution in [0.4, 0.5) is 38.0 Å². The maximum atomic E-state index is 14.8. The van der Waals surface area contributed by atoms with Gasteiger partial charge in [-0.1, -0.05) is 91.0 Å². The van der Waals surface area contributed by atoms with Gasteiger partial charge in [-0.05, 0) is 35.6 Å². The summed E-state index contributed by atoms with van der Waals surface area (Å²) in [4.78, 5) is 31.5. The van der Waals surface area contributed by atoms with Crippen LogP contribution >= 0.6 is 0 Å². The summed E-state index contributed by atoms with van der Waals surface area (Å²) in [6.45, 7) is 0.0194. The fourth-order valence-corrected chi connectivity index (χ4v) is 7.17. The lowest BCUT2D eigenvalue weighted by atomic mass is 9.82. The lowest BCUT2D eigenvalue weighted by Crippen LogP contribution is -2.45. The predicted molar refractivity (Wildman–Crippen MR) is 185 cm³/mol. The molecule has 0 unspecified atom stereocenters. The zero-order chi connectivity index (χ0) is 38.2. The largest absolute Gasteiger partial charge is 0.457 e. The summed E-state index contributed by atoms with van der Waals surface area (Å²) < 4.78 is 92.9. The summed E-state index contributed by atoms with van der Waals surface area (Å²) in [7, 11) is 0. The second-order valence-corrected chi connectivity index (χ2v) is 13.2. The standard InChI is InChI=1S/C39H33F6N5O4/c40-38(41,42)28-21-46-29(20-27(28)37(53)54-22-23-10-4-1-5-11-23)49-18-16-24(17-19-49)32-30-31(39(43,44)45)34(51)36(52)47-35(30)50(48-32)33(25-12-6-2-7-13-25)26-14-8-3-9-15-26/h1-15,20-21,24,31,33-34,51H,16-19,22H2,(H,47,52)/t31-,34-/m0/s1. The van der Waals surface area contributed by atoms with E-state index in [-0.39, 0.29) is 55.4 Å². The molecule has 1 saturated heterocycles. The fraction of sp³-hybridized carbons (Fsp3) is 0.282. The second-order valence-electron chi connectivity index (χ2n) is 13.2. The van der Waals surface area contributed by atoms with Gasteiger partial charge in [-0.15, -0.1) is 0 Å². The Balaban J connectivity index is 1.23. The molecule has 9 nitrogen and oxygen atoms in total. The fourth-order valence-electron chi connectivity index (χ4n) is 7.17. The van der Waals surface area contributed by atoms with Gasteiger partial charge < -0.3 is 20.1 Å². The highest BCUT2D eigenvalue weighted by Crippen LogP contribution is 2.49. The highest BCUT2D eigenvalue weighted by Gasteiger charge is 2.55. The van der Waals surface area contributed by atoms with Crippen LogP contribution < -0.4 is 10.2 Å². The van der Waals surface area contributed by atoms with Gasteiger partial charge in [0.1, 0.15) is 36.3 Å². The smallest absolute Gasteiger partial charge is 0.418 e. The number of hydrogen-bond acceptors (Lipinski definition) is 7. The molecule has 2 aromatic heterocycles. The normalized spacial score (nSPS) is 18.0. The minimum atomic E-state index is -5.01. The maximum absolute atomic E-state index is 14.8. The second kappa shape index (κ2) is 14.6. The highest BCUT2D eigenvalue weighted by atomic mass is 19.4. The number of ether oxygens (including phenoxy) is 1. The van der Waals surface area contributed by atoms with Crippen molar-refractivity contribution in [2.24, 2.45) is 0 Å². The number of nitrogens with zero attached hydrogens (tertiary/aromatic N) is 4. The lowest BCUT2D eigenvalue weighted by molar-refractivity contribution is -0.177. The van der Waals surface area contributed by atoms with E-state index in [1.165, 1.54) is 4.68 Å². The SMILES string of the molecule is O=C(OCc1ccccc1)c1cc(N2CCC(c3nn(C(c4ccccc4)c4ccccc4)c4c3[C@H](C(F)(F)F)[C@H](O)C(=O)N4)CC2)ncc1C(F)(F)F. The summed E-state index contributed by atoms with van der Waals surface area (Å²) in [6, 6.07) is 26.6. The number of fused-ring (bicyclic) bond motifs is 1. The number of piperidine rings is 1. The first kappa shape index (κ1) is 36.6. The molecule has 5 aromatic rings. The van der Waals surface area contributed by atoms with Crippen molar-refractivity contribution in [2.45, 2.75) is 55.8 Å². The van der Waals surface area contributed by atoms with E-state index in [0.717, 1.165) is 6.07 Å². The van der Waals surface area contributed by atoms with Gasteiger partial charge in [0.2, 0.25) is 0 Å². The summed E-state index contributed by atoms with van der Waals surface area (Å²) in [5.41, 5.74) is -0.310. The number of hydrogen-bond donors (Lipinski definition) is 2. The van der Waals surface area contributed by atoms with Crippen molar-refractivity contribution in [3.63, 3.8) is 0 Å². The number of carbonyl (C=O) groups excluding carboxylic acids is 2. The van der Waals surface area contributed by atoms with Gasteiger partial charge in [-0.3, -0.25) is 4.79 Å². The zero-order valence-electron chi connectivity index (χ0n) is 28.4. The molecule has 7 rings (SSSR count). The Morgan fingerprint density at radius 1 is 0.889 bits per heavy atom. The van der Waals surface area contributed by atoms with E-state index in [0.29, 0.717) is 22.9 Å². The van der Waals surface area contributed by atoms with Crippen molar-refractivity contribution >= 4 is 23.5 Å². The Morgan fingerprint density at radius 3 is 2.02 bits per heavy atom. The van der Waals surface area contributed by atoms with Crippen LogP contribution in [0, 0.1) is 0 Å². The van der Waals surface area contributed by atoms with E-state index in [2.05, 4.69) is 10.3 Å². The minimum absolute atomic E-state index is 0.0495. The van der Waals surface area contributed by atoms with Crippen LogP contribution in [-0.2, 0) is 22.3 Å². The van der Waals surface area contributed by atoms with Gasteiger partial charge in [-0.2, -0.15) is 31.4 Å². The van der Waals surface area contributed by atoms with E-state index >= 15 is 0 Å². The van der Waals surface area contributed by atoms with E-state index in [4.69, 9.17) is 9.84 Å². The third kappa shape index (κ3) is 7.27. The molecule has 2 aliphatic heterocycles. The van der Waals surface area contributed by atoms with Crippen molar-refractivity contribution < 1.29 is 45.8 Å². The minimum Gasteiger partial charge on any atom is -0.457 e. The number of rotatable bonds is 8. The number of nitrogens with one attached hydrogen (secondary N) is 1. The first-order valence-electron chi connectivity index (χ1n) is 17.1. The van der Waals surface area contributed by atoms with Crippen LogP contribution in [0.1, 0.15) is 74.6 Å².